The summed E-state index contributed by atoms with van der Waals surface area (Å²) in [5.41, 5.74) is 2.54. The summed E-state index contributed by atoms with van der Waals surface area (Å²) in [6.45, 7) is 8.50. The average Bonchev–Trinajstić information content (AvgIpc) is 2.91. The molecule has 112 valence electrons. The fourth-order valence-electron chi connectivity index (χ4n) is 2.99. The van der Waals surface area contributed by atoms with E-state index in [1.54, 1.807) is 0 Å². The number of H-pyrrole nitrogens is 1. The molecule has 1 aromatic carbocycles. The summed E-state index contributed by atoms with van der Waals surface area (Å²) in [5, 5.41) is 1.30. The van der Waals surface area contributed by atoms with Crippen molar-refractivity contribution in [2.75, 3.05) is 26.2 Å². The second-order valence-corrected chi connectivity index (χ2v) is 6.12. The van der Waals surface area contributed by atoms with Gasteiger partial charge in [-0.25, -0.2) is 0 Å². The molecular weight excluding hydrogens is 262 g/mol. The second kappa shape index (κ2) is 5.90. The SMILES string of the molecule is CC(C)C(=O)N1CCN(Cc2c[nH]c3ccccc23)CC1. The van der Waals surface area contributed by atoms with Crippen molar-refractivity contribution in [2.24, 2.45) is 5.92 Å². The summed E-state index contributed by atoms with van der Waals surface area (Å²) in [7, 11) is 0. The number of benzene rings is 1. The van der Waals surface area contributed by atoms with Crippen LogP contribution in [0.3, 0.4) is 0 Å². The maximum Gasteiger partial charge on any atom is 0.225 e. The van der Waals surface area contributed by atoms with Gasteiger partial charge in [0, 0.05) is 55.7 Å². The first-order valence-corrected chi connectivity index (χ1v) is 7.71. The Bertz CT molecular complexity index is 624. The average molecular weight is 285 g/mol. The zero-order valence-electron chi connectivity index (χ0n) is 12.8. The number of aromatic nitrogens is 1. The van der Waals surface area contributed by atoms with Crippen LogP contribution in [0.5, 0.6) is 0 Å². The van der Waals surface area contributed by atoms with E-state index in [0.29, 0.717) is 0 Å². The maximum absolute atomic E-state index is 12.0. The molecule has 1 aliphatic heterocycles. The molecule has 1 amide bonds. The first-order chi connectivity index (χ1) is 10.1. The van der Waals surface area contributed by atoms with E-state index in [2.05, 4.69) is 40.3 Å². The van der Waals surface area contributed by atoms with Gasteiger partial charge < -0.3 is 9.88 Å². The third kappa shape index (κ3) is 2.95. The van der Waals surface area contributed by atoms with Crippen molar-refractivity contribution < 1.29 is 4.79 Å². The van der Waals surface area contributed by atoms with E-state index in [1.165, 1.54) is 16.5 Å². The van der Waals surface area contributed by atoms with Gasteiger partial charge in [0.25, 0.3) is 0 Å². The standard InChI is InChI=1S/C17H23N3O/c1-13(2)17(21)20-9-7-19(8-10-20)12-14-11-18-16-6-4-3-5-15(14)16/h3-6,11,13,18H,7-10,12H2,1-2H3. The van der Waals surface area contributed by atoms with Crippen molar-refractivity contribution in [1.29, 1.82) is 0 Å². The minimum atomic E-state index is 0.102. The van der Waals surface area contributed by atoms with Crippen LogP contribution in [0, 0.1) is 5.92 Å². The number of piperazine rings is 1. The largest absolute Gasteiger partial charge is 0.361 e. The van der Waals surface area contributed by atoms with E-state index in [0.717, 1.165) is 32.7 Å². The number of nitrogens with one attached hydrogen (secondary N) is 1. The number of nitrogens with zero attached hydrogens (tertiary/aromatic N) is 2. The summed E-state index contributed by atoms with van der Waals surface area (Å²) in [6.07, 6.45) is 2.11. The Morgan fingerprint density at radius 1 is 1.19 bits per heavy atom. The lowest BCUT2D eigenvalue weighted by Gasteiger charge is -2.35. The molecule has 0 radical (unpaired) electrons. The molecule has 0 spiro atoms. The van der Waals surface area contributed by atoms with Crippen molar-refractivity contribution in [2.45, 2.75) is 20.4 Å². The number of amides is 1. The molecule has 4 heteroatoms. The van der Waals surface area contributed by atoms with Gasteiger partial charge in [0.05, 0.1) is 0 Å². The van der Waals surface area contributed by atoms with E-state index < -0.39 is 0 Å². The molecule has 0 atom stereocenters. The Morgan fingerprint density at radius 3 is 2.62 bits per heavy atom. The molecule has 1 N–H and O–H groups in total. The highest BCUT2D eigenvalue weighted by Crippen LogP contribution is 2.20. The van der Waals surface area contributed by atoms with Crippen molar-refractivity contribution in [1.82, 2.24) is 14.8 Å². The highest BCUT2D eigenvalue weighted by Gasteiger charge is 2.23. The molecule has 1 saturated heterocycles. The molecular formula is C17H23N3O. The second-order valence-electron chi connectivity index (χ2n) is 6.12. The summed E-state index contributed by atoms with van der Waals surface area (Å²) >= 11 is 0. The highest BCUT2D eigenvalue weighted by atomic mass is 16.2. The van der Waals surface area contributed by atoms with Crippen LogP contribution in [0.15, 0.2) is 30.5 Å². The van der Waals surface area contributed by atoms with Gasteiger partial charge in [-0.05, 0) is 11.6 Å². The highest BCUT2D eigenvalue weighted by molar-refractivity contribution is 5.83. The van der Waals surface area contributed by atoms with Crippen LogP contribution in [0.2, 0.25) is 0 Å². The Balaban J connectivity index is 1.62. The predicted octanol–water partition coefficient (Wildman–Crippen LogP) is 2.47. The summed E-state index contributed by atoms with van der Waals surface area (Å²) < 4.78 is 0. The van der Waals surface area contributed by atoms with Crippen LogP contribution in [0.4, 0.5) is 0 Å². The van der Waals surface area contributed by atoms with E-state index in [-0.39, 0.29) is 11.8 Å². The Kier molecular flexibility index (Phi) is 3.97. The molecule has 0 saturated carbocycles. The Labute approximate surface area is 125 Å². The number of rotatable bonds is 3. The van der Waals surface area contributed by atoms with E-state index in [1.807, 2.05) is 18.7 Å². The molecule has 1 fully saturated rings. The van der Waals surface area contributed by atoms with E-state index in [4.69, 9.17) is 0 Å². The van der Waals surface area contributed by atoms with Crippen LogP contribution >= 0.6 is 0 Å². The van der Waals surface area contributed by atoms with E-state index in [9.17, 15) is 4.79 Å². The molecule has 1 aromatic heterocycles. The lowest BCUT2D eigenvalue weighted by atomic mass is 10.1. The quantitative estimate of drug-likeness (QED) is 0.941. The fraction of sp³-hybridized carbons (Fsp3) is 0.471. The monoisotopic (exact) mass is 285 g/mol. The molecule has 0 unspecified atom stereocenters. The van der Waals surface area contributed by atoms with Gasteiger partial charge >= 0.3 is 0 Å². The maximum atomic E-state index is 12.0. The molecule has 2 aromatic rings. The number of hydrogen-bond acceptors (Lipinski definition) is 2. The smallest absolute Gasteiger partial charge is 0.225 e. The number of para-hydroxylation sites is 1. The topological polar surface area (TPSA) is 39.3 Å². The molecule has 2 heterocycles. The molecule has 0 aliphatic carbocycles. The first kappa shape index (κ1) is 14.1. The number of aromatic amines is 1. The van der Waals surface area contributed by atoms with Crippen LogP contribution in [0.25, 0.3) is 10.9 Å². The fourth-order valence-corrected chi connectivity index (χ4v) is 2.99. The van der Waals surface area contributed by atoms with Crippen LogP contribution in [-0.2, 0) is 11.3 Å². The Morgan fingerprint density at radius 2 is 1.90 bits per heavy atom. The van der Waals surface area contributed by atoms with Gasteiger partial charge in [-0.15, -0.1) is 0 Å². The lowest BCUT2D eigenvalue weighted by molar-refractivity contribution is -0.136. The summed E-state index contributed by atoms with van der Waals surface area (Å²) in [6, 6.07) is 8.41. The van der Waals surface area contributed by atoms with Crippen LogP contribution in [0.1, 0.15) is 19.4 Å². The van der Waals surface area contributed by atoms with Crippen molar-refractivity contribution >= 4 is 16.8 Å². The number of carbonyl (C=O) groups is 1. The van der Waals surface area contributed by atoms with Crippen molar-refractivity contribution in [3.8, 4) is 0 Å². The third-order valence-corrected chi connectivity index (χ3v) is 4.25. The number of hydrogen-bond donors (Lipinski definition) is 1. The summed E-state index contributed by atoms with van der Waals surface area (Å²) in [4.78, 5) is 19.8. The lowest BCUT2D eigenvalue weighted by Crippen LogP contribution is -2.49. The minimum absolute atomic E-state index is 0.102. The van der Waals surface area contributed by atoms with Crippen molar-refractivity contribution in [3.63, 3.8) is 0 Å². The predicted molar refractivity (Wildman–Crippen MR) is 85.0 cm³/mol. The third-order valence-electron chi connectivity index (χ3n) is 4.25. The minimum Gasteiger partial charge on any atom is -0.361 e. The van der Waals surface area contributed by atoms with Gasteiger partial charge in [-0.3, -0.25) is 9.69 Å². The Hall–Kier alpha value is -1.81. The normalized spacial score (nSPS) is 16.8. The molecule has 0 bridgehead atoms. The molecule has 4 nitrogen and oxygen atoms in total. The van der Waals surface area contributed by atoms with Gasteiger partial charge in [0.1, 0.15) is 0 Å². The van der Waals surface area contributed by atoms with Gasteiger partial charge in [-0.1, -0.05) is 32.0 Å². The van der Waals surface area contributed by atoms with Crippen molar-refractivity contribution in [3.05, 3.63) is 36.0 Å². The molecule has 3 rings (SSSR count). The first-order valence-electron chi connectivity index (χ1n) is 7.71. The number of carbonyl (C=O) groups excluding carboxylic acids is 1. The molecule has 1 aliphatic rings. The molecule has 21 heavy (non-hydrogen) atoms. The van der Waals surface area contributed by atoms with Gasteiger partial charge in [-0.2, -0.15) is 0 Å². The van der Waals surface area contributed by atoms with Gasteiger partial charge in [0.2, 0.25) is 5.91 Å². The van der Waals surface area contributed by atoms with Crippen LogP contribution in [-0.4, -0.2) is 46.9 Å². The zero-order chi connectivity index (χ0) is 14.8. The van der Waals surface area contributed by atoms with Crippen LogP contribution < -0.4 is 0 Å². The summed E-state index contributed by atoms with van der Waals surface area (Å²) in [5.74, 6) is 0.381. The van der Waals surface area contributed by atoms with E-state index >= 15 is 0 Å². The van der Waals surface area contributed by atoms with Gasteiger partial charge in [0.15, 0.2) is 0 Å². The number of fused-ring (bicyclic) bond motifs is 1. The zero-order valence-corrected chi connectivity index (χ0v) is 12.8.